The van der Waals surface area contributed by atoms with Crippen molar-refractivity contribution in [2.45, 2.75) is 43.6 Å². The molecule has 3 aromatic carbocycles. The first-order valence-electron chi connectivity index (χ1n) is 12.1. The second-order valence-corrected chi connectivity index (χ2v) is 10.9. The highest BCUT2D eigenvalue weighted by molar-refractivity contribution is 14.1. The van der Waals surface area contributed by atoms with Crippen LogP contribution >= 0.6 is 34.4 Å². The van der Waals surface area contributed by atoms with Crippen LogP contribution in [0.3, 0.4) is 0 Å². The number of rotatable bonds is 11. The third kappa shape index (κ3) is 7.65. The van der Waals surface area contributed by atoms with Crippen molar-refractivity contribution in [2.24, 2.45) is 5.10 Å². The minimum absolute atomic E-state index is 0.176. The lowest BCUT2D eigenvalue weighted by atomic mass is 10.1. The van der Waals surface area contributed by atoms with Crippen LogP contribution in [0.1, 0.15) is 31.7 Å². The fourth-order valence-corrected chi connectivity index (χ4v) is 4.83. The van der Waals surface area contributed by atoms with Crippen LogP contribution in [-0.4, -0.2) is 31.6 Å². The van der Waals surface area contributed by atoms with Gasteiger partial charge >= 0.3 is 0 Å². The number of hydrazone groups is 1. The minimum Gasteiger partial charge on any atom is -0.378 e. The van der Waals surface area contributed by atoms with Crippen molar-refractivity contribution in [2.75, 3.05) is 5.32 Å². The van der Waals surface area contributed by atoms with Crippen LogP contribution in [0.15, 0.2) is 95.2 Å². The number of amides is 1. The lowest BCUT2D eigenvalue weighted by Gasteiger charge is -2.14. The molecular formula is C28H29IN6OS. The molecule has 0 aliphatic carbocycles. The highest BCUT2D eigenvalue weighted by Crippen LogP contribution is 2.26. The van der Waals surface area contributed by atoms with Crippen molar-refractivity contribution in [1.82, 2.24) is 20.2 Å². The maximum atomic E-state index is 12.9. The van der Waals surface area contributed by atoms with E-state index in [2.05, 4.69) is 72.9 Å². The molecule has 7 nitrogen and oxygen atoms in total. The Balaban J connectivity index is 1.46. The van der Waals surface area contributed by atoms with Crippen LogP contribution in [0.25, 0.3) is 5.69 Å². The van der Waals surface area contributed by atoms with Gasteiger partial charge in [-0.1, -0.05) is 67.2 Å². The summed E-state index contributed by atoms with van der Waals surface area (Å²) in [6, 6.07) is 28.3. The lowest BCUT2D eigenvalue weighted by molar-refractivity contribution is -0.120. The van der Waals surface area contributed by atoms with Crippen molar-refractivity contribution in [3.8, 4) is 5.69 Å². The van der Waals surface area contributed by atoms with Crippen LogP contribution < -0.4 is 10.7 Å². The Morgan fingerprint density at radius 3 is 2.35 bits per heavy atom. The molecule has 0 unspecified atom stereocenters. The van der Waals surface area contributed by atoms with Gasteiger partial charge in [0.2, 0.25) is 0 Å². The number of aromatic nitrogens is 3. The first-order valence-corrected chi connectivity index (χ1v) is 14.0. The van der Waals surface area contributed by atoms with Gasteiger partial charge in [0.25, 0.3) is 5.91 Å². The van der Waals surface area contributed by atoms with Gasteiger partial charge in [-0.15, -0.1) is 10.2 Å². The van der Waals surface area contributed by atoms with Gasteiger partial charge in [-0.25, -0.2) is 5.43 Å². The summed E-state index contributed by atoms with van der Waals surface area (Å²) in [5.41, 5.74) is 6.79. The molecule has 1 atom stereocenters. The molecule has 9 heteroatoms. The molecule has 0 bridgehead atoms. The second kappa shape index (κ2) is 13.4. The summed E-state index contributed by atoms with van der Waals surface area (Å²) in [5, 5.41) is 16.9. The topological polar surface area (TPSA) is 84.2 Å². The number of benzene rings is 3. The van der Waals surface area contributed by atoms with E-state index in [0.717, 1.165) is 29.3 Å². The quantitative estimate of drug-likeness (QED) is 0.0914. The van der Waals surface area contributed by atoms with Gasteiger partial charge in [0.15, 0.2) is 11.0 Å². The number of nitrogens with one attached hydrogen (secondary N) is 2. The fourth-order valence-electron chi connectivity index (χ4n) is 3.59. The molecule has 1 aromatic heterocycles. The van der Waals surface area contributed by atoms with E-state index in [1.807, 2.05) is 79.1 Å². The normalized spacial score (nSPS) is 12.2. The van der Waals surface area contributed by atoms with Gasteiger partial charge in [-0.2, -0.15) is 5.10 Å². The van der Waals surface area contributed by atoms with Gasteiger partial charge in [0, 0.05) is 27.1 Å². The zero-order valence-corrected chi connectivity index (χ0v) is 23.7. The van der Waals surface area contributed by atoms with Gasteiger partial charge < -0.3 is 5.32 Å². The van der Waals surface area contributed by atoms with Crippen molar-refractivity contribution in [1.29, 1.82) is 0 Å². The number of thioether (sulfide) groups is 1. The van der Waals surface area contributed by atoms with Crippen molar-refractivity contribution >= 4 is 51.7 Å². The molecule has 0 spiro atoms. The molecule has 0 aliphatic heterocycles. The minimum atomic E-state index is -0.415. The van der Waals surface area contributed by atoms with Crippen molar-refractivity contribution < 1.29 is 4.79 Å². The molecule has 37 heavy (non-hydrogen) atoms. The summed E-state index contributed by atoms with van der Waals surface area (Å²) >= 11 is 3.65. The number of carbonyl (C=O) groups excluding carboxylic acids is 1. The first-order chi connectivity index (χ1) is 18.0. The molecule has 0 saturated heterocycles. The highest BCUT2D eigenvalue weighted by Gasteiger charge is 2.21. The molecule has 0 radical (unpaired) electrons. The van der Waals surface area contributed by atoms with E-state index < -0.39 is 5.25 Å². The van der Waals surface area contributed by atoms with Gasteiger partial charge in [0.05, 0.1) is 11.8 Å². The largest absolute Gasteiger partial charge is 0.378 e. The smallest absolute Gasteiger partial charge is 0.253 e. The molecule has 4 aromatic rings. The summed E-state index contributed by atoms with van der Waals surface area (Å²) in [7, 11) is 0. The van der Waals surface area contributed by atoms with Crippen LogP contribution in [0.4, 0.5) is 5.69 Å². The summed E-state index contributed by atoms with van der Waals surface area (Å²) in [5.74, 6) is 0.583. The highest BCUT2D eigenvalue weighted by atomic mass is 127. The Bertz CT molecular complexity index is 1330. The van der Waals surface area contributed by atoms with E-state index in [1.165, 1.54) is 20.9 Å². The Kier molecular flexibility index (Phi) is 9.72. The number of hydrogen-bond acceptors (Lipinski definition) is 6. The van der Waals surface area contributed by atoms with E-state index in [0.29, 0.717) is 18.1 Å². The van der Waals surface area contributed by atoms with Gasteiger partial charge in [-0.3, -0.25) is 9.36 Å². The summed E-state index contributed by atoms with van der Waals surface area (Å²) in [6.07, 6.45) is 1.47. The predicted molar refractivity (Wildman–Crippen MR) is 159 cm³/mol. The average Bonchev–Trinajstić information content (AvgIpc) is 3.33. The lowest BCUT2D eigenvalue weighted by Crippen LogP contribution is -2.28. The Morgan fingerprint density at radius 2 is 1.68 bits per heavy atom. The molecule has 1 heterocycles. The Morgan fingerprint density at radius 1 is 1.00 bits per heavy atom. The summed E-state index contributed by atoms with van der Waals surface area (Å²) in [4.78, 5) is 12.9. The number of nitrogens with zero attached hydrogens (tertiary/aromatic N) is 4. The number of halogens is 1. The van der Waals surface area contributed by atoms with E-state index in [-0.39, 0.29) is 5.91 Å². The number of carbonyl (C=O) groups is 1. The van der Waals surface area contributed by atoms with Crippen LogP contribution in [0.2, 0.25) is 0 Å². The third-order valence-electron chi connectivity index (χ3n) is 5.64. The number of anilines is 1. The Labute approximate surface area is 235 Å². The summed E-state index contributed by atoms with van der Waals surface area (Å²) in [6.45, 7) is 4.39. The number of hydrogen-bond donors (Lipinski definition) is 2. The zero-order valence-electron chi connectivity index (χ0n) is 20.8. The predicted octanol–water partition coefficient (Wildman–Crippen LogP) is 6.09. The van der Waals surface area contributed by atoms with Gasteiger partial charge in [-0.05, 0) is 77.9 Å². The monoisotopic (exact) mass is 624 g/mol. The van der Waals surface area contributed by atoms with Crippen LogP contribution in [0.5, 0.6) is 0 Å². The molecular weight excluding hydrogens is 595 g/mol. The van der Waals surface area contributed by atoms with Crippen LogP contribution in [-0.2, 0) is 17.8 Å². The van der Waals surface area contributed by atoms with Crippen molar-refractivity contribution in [3.05, 3.63) is 99.9 Å². The third-order valence-corrected chi connectivity index (χ3v) is 7.41. The standard InChI is InChI=1S/C28H29IN6OS/c1-3-23(18-21-10-6-4-7-11-21)31-33-27(36)20(2)37-28-34-32-26(35(28)25-12-8-5-9-13-25)19-30-24-16-14-22(29)15-17-24/h4-17,20,30H,3,18-19H2,1-2H3,(H,33,36)/b31-23-/t20-/m0/s1. The Hall–Kier alpha value is -3.18. The molecule has 4 rings (SSSR count). The zero-order chi connectivity index (χ0) is 26.0. The van der Waals surface area contributed by atoms with Crippen molar-refractivity contribution in [3.63, 3.8) is 0 Å². The molecule has 2 N–H and O–H groups in total. The average molecular weight is 625 g/mol. The van der Waals surface area contributed by atoms with E-state index in [9.17, 15) is 4.79 Å². The molecule has 0 saturated carbocycles. The maximum Gasteiger partial charge on any atom is 0.253 e. The second-order valence-electron chi connectivity index (χ2n) is 8.36. The molecule has 1 amide bonds. The van der Waals surface area contributed by atoms with Gasteiger partial charge in [0.1, 0.15) is 0 Å². The van der Waals surface area contributed by atoms with E-state index in [1.54, 1.807) is 0 Å². The SMILES string of the molecule is CC/C(Cc1ccccc1)=N/NC(=O)[C@H](C)Sc1nnc(CNc2ccc(I)cc2)n1-c1ccccc1. The fraction of sp³-hybridized carbons (Fsp3) is 0.214. The molecule has 190 valence electrons. The maximum absolute atomic E-state index is 12.9. The molecule has 0 aliphatic rings. The number of para-hydroxylation sites is 1. The molecule has 0 fully saturated rings. The van der Waals surface area contributed by atoms with Crippen LogP contribution in [0, 0.1) is 3.57 Å². The van der Waals surface area contributed by atoms with E-state index >= 15 is 0 Å². The van der Waals surface area contributed by atoms with E-state index in [4.69, 9.17) is 0 Å². The summed E-state index contributed by atoms with van der Waals surface area (Å²) < 4.78 is 3.17. The first kappa shape index (κ1) is 26.9.